The molecule has 3 nitrogen and oxygen atoms in total. The van der Waals surface area contributed by atoms with Crippen LogP contribution in [0.4, 0.5) is 0 Å². The van der Waals surface area contributed by atoms with Crippen molar-refractivity contribution in [1.29, 1.82) is 0 Å². The van der Waals surface area contributed by atoms with Crippen LogP contribution in [0.2, 0.25) is 0 Å². The van der Waals surface area contributed by atoms with E-state index in [0.717, 1.165) is 6.42 Å². The van der Waals surface area contributed by atoms with Crippen LogP contribution in [-0.2, 0) is 4.79 Å². The molecular formula is C6H11NO2. The molecule has 1 unspecified atom stereocenters. The molecule has 0 saturated carbocycles. The van der Waals surface area contributed by atoms with Gasteiger partial charge in [0.2, 0.25) is 0 Å². The Kier molecular flexibility index (Phi) is 1.71. The van der Waals surface area contributed by atoms with Gasteiger partial charge in [0.1, 0.15) is 0 Å². The normalized spacial score (nSPS) is 34.8. The van der Waals surface area contributed by atoms with Crippen molar-refractivity contribution in [3.8, 4) is 0 Å². The summed E-state index contributed by atoms with van der Waals surface area (Å²) in [6, 6.07) is 0.381. The highest BCUT2D eigenvalue weighted by atomic mass is 16.4. The zero-order valence-electron chi connectivity index (χ0n) is 5.42. The first-order chi connectivity index (χ1) is 4.20. The molecule has 9 heavy (non-hydrogen) atoms. The Morgan fingerprint density at radius 2 is 2.44 bits per heavy atom. The molecule has 1 fully saturated rings. The standard InChI is InChI=1S/C6H11NO2/c1-4-2-5(3-7-4)6(8)9/h4-5,7H,2-3H2,1H3,(H,8,9)/t4-,5?/m0/s1. The Labute approximate surface area is 54.1 Å². The molecule has 0 spiro atoms. The smallest absolute Gasteiger partial charge is 0.307 e. The third kappa shape index (κ3) is 1.42. The zero-order chi connectivity index (χ0) is 6.85. The highest BCUT2D eigenvalue weighted by molar-refractivity contribution is 5.70. The van der Waals surface area contributed by atoms with E-state index in [9.17, 15) is 4.79 Å². The molecule has 52 valence electrons. The maximum atomic E-state index is 10.3. The van der Waals surface area contributed by atoms with E-state index in [4.69, 9.17) is 5.11 Å². The van der Waals surface area contributed by atoms with Gasteiger partial charge in [0.25, 0.3) is 0 Å². The van der Waals surface area contributed by atoms with Crippen molar-refractivity contribution < 1.29 is 9.90 Å². The molecular weight excluding hydrogens is 118 g/mol. The second-order valence-electron chi connectivity index (χ2n) is 2.58. The Bertz CT molecular complexity index is 124. The lowest BCUT2D eigenvalue weighted by atomic mass is 10.1. The van der Waals surface area contributed by atoms with E-state index in [1.165, 1.54) is 0 Å². The first-order valence-electron chi connectivity index (χ1n) is 3.16. The second-order valence-corrected chi connectivity index (χ2v) is 2.58. The van der Waals surface area contributed by atoms with Gasteiger partial charge in [-0.2, -0.15) is 0 Å². The molecule has 2 atom stereocenters. The van der Waals surface area contributed by atoms with Crippen LogP contribution in [-0.4, -0.2) is 23.7 Å². The predicted molar refractivity (Wildman–Crippen MR) is 33.2 cm³/mol. The number of hydrogen-bond acceptors (Lipinski definition) is 2. The topological polar surface area (TPSA) is 49.3 Å². The Balaban J connectivity index is 2.39. The van der Waals surface area contributed by atoms with Gasteiger partial charge in [0.15, 0.2) is 0 Å². The van der Waals surface area contributed by atoms with Gasteiger partial charge in [-0.15, -0.1) is 0 Å². The average Bonchev–Trinajstić information content (AvgIpc) is 2.14. The van der Waals surface area contributed by atoms with Crippen molar-refractivity contribution in [2.75, 3.05) is 6.54 Å². The van der Waals surface area contributed by atoms with Crippen molar-refractivity contribution in [1.82, 2.24) is 5.32 Å². The number of hydrogen-bond donors (Lipinski definition) is 2. The molecule has 1 saturated heterocycles. The van der Waals surface area contributed by atoms with Crippen molar-refractivity contribution in [2.24, 2.45) is 5.92 Å². The quantitative estimate of drug-likeness (QED) is 0.526. The molecule has 0 amide bonds. The summed E-state index contributed by atoms with van der Waals surface area (Å²) in [5.74, 6) is -0.827. The highest BCUT2D eigenvalue weighted by Crippen LogP contribution is 2.12. The van der Waals surface area contributed by atoms with Gasteiger partial charge < -0.3 is 10.4 Å². The van der Waals surface area contributed by atoms with E-state index in [0.29, 0.717) is 12.6 Å². The Morgan fingerprint density at radius 1 is 1.78 bits per heavy atom. The number of carboxylic acid groups (broad SMARTS) is 1. The summed E-state index contributed by atoms with van der Waals surface area (Å²) < 4.78 is 0. The lowest BCUT2D eigenvalue weighted by Gasteiger charge is -1.98. The van der Waals surface area contributed by atoms with E-state index in [1.807, 2.05) is 6.92 Å². The lowest BCUT2D eigenvalue weighted by molar-refractivity contribution is -0.141. The number of aliphatic carboxylic acids is 1. The molecule has 0 aromatic rings. The summed E-state index contributed by atoms with van der Waals surface area (Å²) in [7, 11) is 0. The van der Waals surface area contributed by atoms with Gasteiger partial charge >= 0.3 is 5.97 Å². The van der Waals surface area contributed by atoms with Crippen LogP contribution < -0.4 is 5.32 Å². The third-order valence-corrected chi connectivity index (χ3v) is 1.70. The monoisotopic (exact) mass is 129 g/mol. The fourth-order valence-electron chi connectivity index (χ4n) is 1.13. The molecule has 0 aromatic heterocycles. The van der Waals surface area contributed by atoms with Gasteiger partial charge in [0.05, 0.1) is 5.92 Å². The maximum Gasteiger partial charge on any atom is 0.307 e. The average molecular weight is 129 g/mol. The summed E-state index contributed by atoms with van der Waals surface area (Å²) in [6.45, 7) is 2.64. The first-order valence-corrected chi connectivity index (χ1v) is 3.16. The molecule has 0 aromatic carbocycles. The number of nitrogens with one attached hydrogen (secondary N) is 1. The molecule has 1 heterocycles. The highest BCUT2D eigenvalue weighted by Gasteiger charge is 2.25. The fraction of sp³-hybridized carbons (Fsp3) is 0.833. The summed E-state index contributed by atoms with van der Waals surface area (Å²) in [5.41, 5.74) is 0. The minimum Gasteiger partial charge on any atom is -0.481 e. The van der Waals surface area contributed by atoms with Gasteiger partial charge in [-0.1, -0.05) is 0 Å². The molecule has 0 radical (unpaired) electrons. The first kappa shape index (κ1) is 6.55. The van der Waals surface area contributed by atoms with Crippen LogP contribution in [0, 0.1) is 5.92 Å². The SMILES string of the molecule is C[C@H]1CC(C(=O)O)CN1. The molecule has 1 aliphatic rings. The summed E-state index contributed by atoms with van der Waals surface area (Å²) in [6.07, 6.45) is 0.773. The number of rotatable bonds is 1. The van der Waals surface area contributed by atoms with E-state index >= 15 is 0 Å². The molecule has 2 N–H and O–H groups in total. The summed E-state index contributed by atoms with van der Waals surface area (Å²) in [5, 5.41) is 11.6. The second kappa shape index (κ2) is 2.35. The maximum absolute atomic E-state index is 10.3. The Hall–Kier alpha value is -0.570. The summed E-state index contributed by atoms with van der Waals surface area (Å²) in [4.78, 5) is 10.3. The fourth-order valence-corrected chi connectivity index (χ4v) is 1.13. The van der Waals surface area contributed by atoms with Gasteiger partial charge in [-0.05, 0) is 13.3 Å². The number of carboxylic acids is 1. The van der Waals surface area contributed by atoms with E-state index < -0.39 is 5.97 Å². The van der Waals surface area contributed by atoms with Crippen LogP contribution in [0.25, 0.3) is 0 Å². The largest absolute Gasteiger partial charge is 0.481 e. The van der Waals surface area contributed by atoms with Crippen LogP contribution >= 0.6 is 0 Å². The van der Waals surface area contributed by atoms with E-state index in [2.05, 4.69) is 5.32 Å². The van der Waals surface area contributed by atoms with E-state index in [-0.39, 0.29) is 5.92 Å². The van der Waals surface area contributed by atoms with Crippen molar-refractivity contribution >= 4 is 5.97 Å². The number of carbonyl (C=O) groups is 1. The van der Waals surface area contributed by atoms with Crippen LogP contribution in [0.5, 0.6) is 0 Å². The Morgan fingerprint density at radius 3 is 2.67 bits per heavy atom. The minimum atomic E-state index is -0.674. The van der Waals surface area contributed by atoms with Gasteiger partial charge in [0, 0.05) is 12.6 Å². The molecule has 1 aliphatic heterocycles. The van der Waals surface area contributed by atoms with Crippen molar-refractivity contribution in [2.45, 2.75) is 19.4 Å². The van der Waals surface area contributed by atoms with Crippen LogP contribution in [0.15, 0.2) is 0 Å². The van der Waals surface area contributed by atoms with E-state index in [1.54, 1.807) is 0 Å². The predicted octanol–water partition coefficient (Wildman–Crippen LogP) is 0.0690. The van der Waals surface area contributed by atoms with Crippen LogP contribution in [0.3, 0.4) is 0 Å². The molecule has 0 bridgehead atoms. The van der Waals surface area contributed by atoms with Gasteiger partial charge in [-0.3, -0.25) is 4.79 Å². The molecule has 1 rings (SSSR count). The zero-order valence-corrected chi connectivity index (χ0v) is 5.42. The summed E-state index contributed by atoms with van der Waals surface area (Å²) >= 11 is 0. The van der Waals surface area contributed by atoms with Crippen molar-refractivity contribution in [3.63, 3.8) is 0 Å². The lowest BCUT2D eigenvalue weighted by Crippen LogP contribution is -2.18. The molecule has 3 heteroatoms. The third-order valence-electron chi connectivity index (χ3n) is 1.70. The van der Waals surface area contributed by atoms with Gasteiger partial charge in [-0.25, -0.2) is 0 Å². The molecule has 0 aliphatic carbocycles. The minimum absolute atomic E-state index is 0.153. The van der Waals surface area contributed by atoms with Crippen LogP contribution in [0.1, 0.15) is 13.3 Å². The van der Waals surface area contributed by atoms with Crippen molar-refractivity contribution in [3.05, 3.63) is 0 Å².